The first-order chi connectivity index (χ1) is 7.00. The lowest BCUT2D eigenvalue weighted by molar-refractivity contribution is 0.182. The molecule has 2 heteroatoms. The molecule has 1 aromatic rings. The van der Waals surface area contributed by atoms with E-state index < -0.39 is 0 Å². The van der Waals surface area contributed by atoms with Crippen LogP contribution >= 0.6 is 0 Å². The zero-order valence-corrected chi connectivity index (χ0v) is 9.92. The van der Waals surface area contributed by atoms with Gasteiger partial charge in [0.1, 0.15) is 0 Å². The number of furan rings is 1. The first kappa shape index (κ1) is 10.7. The molecular formula is C13H21NO. The van der Waals surface area contributed by atoms with Crippen LogP contribution in [-0.2, 0) is 0 Å². The second kappa shape index (κ2) is 3.67. The van der Waals surface area contributed by atoms with E-state index in [9.17, 15) is 0 Å². The van der Waals surface area contributed by atoms with E-state index >= 15 is 0 Å². The van der Waals surface area contributed by atoms with Gasteiger partial charge < -0.3 is 10.2 Å². The number of hydrogen-bond donors (Lipinski definition) is 1. The molecule has 0 bridgehead atoms. The van der Waals surface area contributed by atoms with Gasteiger partial charge in [0.25, 0.3) is 0 Å². The molecule has 1 fully saturated rings. The van der Waals surface area contributed by atoms with E-state index in [-0.39, 0.29) is 0 Å². The normalized spacial score (nSPS) is 30.4. The maximum Gasteiger partial charge on any atom is 0.0940 e. The molecule has 2 N–H and O–H groups in total. The van der Waals surface area contributed by atoms with E-state index in [4.69, 9.17) is 10.2 Å². The first-order valence-electron chi connectivity index (χ1n) is 5.79. The number of hydrogen-bond acceptors (Lipinski definition) is 2. The SMILES string of the molecule is Cc1cocc1C1CC(N)CCC1(C)C. The van der Waals surface area contributed by atoms with Crippen molar-refractivity contribution in [1.29, 1.82) is 0 Å². The fraction of sp³-hybridized carbons (Fsp3) is 0.692. The summed E-state index contributed by atoms with van der Waals surface area (Å²) in [6, 6.07) is 0.359. The van der Waals surface area contributed by atoms with Crippen molar-refractivity contribution in [3.8, 4) is 0 Å². The number of aryl methyl sites for hydroxylation is 1. The van der Waals surface area contributed by atoms with E-state index in [0.29, 0.717) is 17.4 Å². The molecule has 0 radical (unpaired) electrons. The molecule has 0 saturated heterocycles. The predicted octanol–water partition coefficient (Wildman–Crippen LogP) is 3.21. The summed E-state index contributed by atoms with van der Waals surface area (Å²) in [7, 11) is 0. The van der Waals surface area contributed by atoms with E-state index in [0.717, 1.165) is 12.8 Å². The standard InChI is InChI=1S/C13H21NO/c1-9-7-15-8-11(9)12-6-10(14)4-5-13(12,2)3/h7-8,10,12H,4-6,14H2,1-3H3. The van der Waals surface area contributed by atoms with Crippen molar-refractivity contribution in [2.45, 2.75) is 52.0 Å². The van der Waals surface area contributed by atoms with Gasteiger partial charge in [-0.3, -0.25) is 0 Å². The van der Waals surface area contributed by atoms with Crippen LogP contribution in [0.4, 0.5) is 0 Å². The Labute approximate surface area is 91.8 Å². The Balaban J connectivity index is 2.29. The molecule has 84 valence electrons. The fourth-order valence-electron chi connectivity index (χ4n) is 2.75. The summed E-state index contributed by atoms with van der Waals surface area (Å²) in [5.41, 5.74) is 9.05. The van der Waals surface area contributed by atoms with Crippen molar-refractivity contribution in [3.63, 3.8) is 0 Å². The molecule has 1 aliphatic carbocycles. The molecule has 0 aliphatic heterocycles. The van der Waals surface area contributed by atoms with Gasteiger partial charge >= 0.3 is 0 Å². The largest absolute Gasteiger partial charge is 0.472 e. The van der Waals surface area contributed by atoms with Gasteiger partial charge in [-0.1, -0.05) is 13.8 Å². The topological polar surface area (TPSA) is 39.2 Å². The van der Waals surface area contributed by atoms with Crippen LogP contribution in [0.2, 0.25) is 0 Å². The van der Waals surface area contributed by atoms with Crippen molar-refractivity contribution in [1.82, 2.24) is 0 Å². The van der Waals surface area contributed by atoms with Crippen LogP contribution in [0, 0.1) is 12.3 Å². The summed E-state index contributed by atoms with van der Waals surface area (Å²) < 4.78 is 5.29. The highest BCUT2D eigenvalue weighted by atomic mass is 16.3. The summed E-state index contributed by atoms with van der Waals surface area (Å²) in [5, 5.41) is 0. The average molecular weight is 207 g/mol. The van der Waals surface area contributed by atoms with E-state index in [1.165, 1.54) is 17.5 Å². The van der Waals surface area contributed by atoms with E-state index in [1.807, 2.05) is 12.5 Å². The Bertz CT molecular complexity index is 340. The monoisotopic (exact) mass is 207 g/mol. The van der Waals surface area contributed by atoms with Gasteiger partial charge in [-0.15, -0.1) is 0 Å². The maximum absolute atomic E-state index is 6.07. The summed E-state index contributed by atoms with van der Waals surface area (Å²) in [4.78, 5) is 0. The van der Waals surface area contributed by atoms with Crippen molar-refractivity contribution >= 4 is 0 Å². The van der Waals surface area contributed by atoms with Gasteiger partial charge in [-0.2, -0.15) is 0 Å². The second-order valence-electron chi connectivity index (χ2n) is 5.59. The third-order valence-corrected chi connectivity index (χ3v) is 3.91. The van der Waals surface area contributed by atoms with Gasteiger partial charge in [0, 0.05) is 6.04 Å². The third-order valence-electron chi connectivity index (χ3n) is 3.91. The minimum absolute atomic E-state index is 0.352. The Morgan fingerprint density at radius 3 is 2.73 bits per heavy atom. The highest BCUT2D eigenvalue weighted by Gasteiger charge is 2.37. The van der Waals surface area contributed by atoms with Crippen LogP contribution in [0.1, 0.15) is 50.2 Å². The number of rotatable bonds is 1. The van der Waals surface area contributed by atoms with E-state index in [1.54, 1.807) is 0 Å². The Morgan fingerprint density at radius 1 is 1.40 bits per heavy atom. The summed E-state index contributed by atoms with van der Waals surface area (Å²) in [6.45, 7) is 6.81. The highest BCUT2D eigenvalue weighted by Crippen LogP contribution is 2.47. The van der Waals surface area contributed by atoms with Crippen LogP contribution < -0.4 is 5.73 Å². The zero-order valence-electron chi connectivity index (χ0n) is 9.92. The smallest absolute Gasteiger partial charge is 0.0940 e. The minimum atomic E-state index is 0.352. The molecule has 15 heavy (non-hydrogen) atoms. The van der Waals surface area contributed by atoms with Crippen LogP contribution in [-0.4, -0.2) is 6.04 Å². The molecule has 2 atom stereocenters. The maximum atomic E-state index is 6.07. The van der Waals surface area contributed by atoms with Crippen LogP contribution in [0.3, 0.4) is 0 Å². The van der Waals surface area contributed by atoms with E-state index in [2.05, 4.69) is 20.8 Å². The predicted molar refractivity (Wildman–Crippen MR) is 61.8 cm³/mol. The van der Waals surface area contributed by atoms with Gasteiger partial charge in [-0.05, 0) is 48.6 Å². The second-order valence-corrected chi connectivity index (χ2v) is 5.59. The van der Waals surface area contributed by atoms with Crippen molar-refractivity contribution in [2.75, 3.05) is 0 Å². The summed E-state index contributed by atoms with van der Waals surface area (Å²) >= 11 is 0. The van der Waals surface area contributed by atoms with Crippen LogP contribution in [0.5, 0.6) is 0 Å². The first-order valence-corrected chi connectivity index (χ1v) is 5.79. The average Bonchev–Trinajstić information content (AvgIpc) is 2.56. The van der Waals surface area contributed by atoms with Gasteiger partial charge in [0.15, 0.2) is 0 Å². The molecule has 1 saturated carbocycles. The molecular weight excluding hydrogens is 186 g/mol. The Kier molecular flexibility index (Phi) is 2.63. The minimum Gasteiger partial charge on any atom is -0.472 e. The number of nitrogens with two attached hydrogens (primary N) is 1. The summed E-state index contributed by atoms with van der Waals surface area (Å²) in [5.74, 6) is 0.556. The Hall–Kier alpha value is -0.760. The lowest BCUT2D eigenvalue weighted by Crippen LogP contribution is -2.36. The van der Waals surface area contributed by atoms with Crippen molar-refractivity contribution in [3.05, 3.63) is 23.7 Å². The fourth-order valence-corrected chi connectivity index (χ4v) is 2.75. The molecule has 2 nitrogen and oxygen atoms in total. The molecule has 2 rings (SSSR count). The quantitative estimate of drug-likeness (QED) is 0.768. The van der Waals surface area contributed by atoms with Crippen molar-refractivity contribution in [2.24, 2.45) is 11.1 Å². The Morgan fingerprint density at radius 2 is 2.13 bits per heavy atom. The molecule has 1 heterocycles. The van der Waals surface area contributed by atoms with Gasteiger partial charge in [0.2, 0.25) is 0 Å². The van der Waals surface area contributed by atoms with Crippen LogP contribution in [0.15, 0.2) is 16.9 Å². The van der Waals surface area contributed by atoms with Crippen molar-refractivity contribution < 1.29 is 4.42 Å². The van der Waals surface area contributed by atoms with Crippen LogP contribution in [0.25, 0.3) is 0 Å². The van der Waals surface area contributed by atoms with Gasteiger partial charge in [-0.25, -0.2) is 0 Å². The summed E-state index contributed by atoms with van der Waals surface area (Å²) in [6.07, 6.45) is 7.20. The highest BCUT2D eigenvalue weighted by molar-refractivity contribution is 5.26. The zero-order chi connectivity index (χ0) is 11.1. The van der Waals surface area contributed by atoms with Gasteiger partial charge in [0.05, 0.1) is 12.5 Å². The third kappa shape index (κ3) is 1.96. The molecule has 0 spiro atoms. The molecule has 0 aromatic carbocycles. The lowest BCUT2D eigenvalue weighted by atomic mass is 9.65. The molecule has 1 aromatic heterocycles. The molecule has 2 unspecified atom stereocenters. The molecule has 1 aliphatic rings. The molecule has 0 amide bonds. The lowest BCUT2D eigenvalue weighted by Gasteiger charge is -2.41.